The summed E-state index contributed by atoms with van der Waals surface area (Å²) in [6, 6.07) is 0. The van der Waals surface area contributed by atoms with Crippen molar-refractivity contribution in [2.24, 2.45) is 0 Å². The molecule has 0 saturated heterocycles. The lowest BCUT2D eigenvalue weighted by Gasteiger charge is -1.94. The van der Waals surface area contributed by atoms with Crippen molar-refractivity contribution in [3.63, 3.8) is 0 Å². The zero-order chi connectivity index (χ0) is 5.98. The van der Waals surface area contributed by atoms with Gasteiger partial charge < -0.3 is 10.5 Å². The van der Waals surface area contributed by atoms with Crippen molar-refractivity contribution in [1.82, 2.24) is 10.9 Å². The zero-order valence-corrected chi connectivity index (χ0v) is 4.14. The molecule has 1 rings (SSSR count). The van der Waals surface area contributed by atoms with Crippen LogP contribution in [0.2, 0.25) is 0 Å². The average molecular weight is 114 g/mol. The van der Waals surface area contributed by atoms with Gasteiger partial charge in [-0.15, -0.1) is 0 Å². The van der Waals surface area contributed by atoms with Crippen molar-refractivity contribution in [3.8, 4) is 0 Å². The summed E-state index contributed by atoms with van der Waals surface area (Å²) in [7, 11) is 0. The molecular weight excluding hydrogens is 108 g/mol. The third-order valence-electron chi connectivity index (χ3n) is 0.862. The van der Waals surface area contributed by atoms with Crippen LogP contribution >= 0.6 is 0 Å². The summed E-state index contributed by atoms with van der Waals surface area (Å²) < 4.78 is 0. The van der Waals surface area contributed by atoms with E-state index >= 15 is 0 Å². The van der Waals surface area contributed by atoms with Gasteiger partial charge in [-0.05, 0) is 6.08 Å². The Morgan fingerprint density at radius 3 is 2.88 bits per heavy atom. The second-order valence-electron chi connectivity index (χ2n) is 1.43. The molecule has 1 aliphatic rings. The maximum Gasteiger partial charge on any atom is 0.353 e. The Balaban J connectivity index is 2.57. The first-order valence-electron chi connectivity index (χ1n) is 2.23. The van der Waals surface area contributed by atoms with Crippen molar-refractivity contribution in [1.29, 1.82) is 0 Å². The highest BCUT2D eigenvalue weighted by Crippen LogP contribution is 1.90. The topological polar surface area (TPSA) is 61.4 Å². The molecule has 1 aliphatic heterocycles. The molecule has 0 fully saturated rings. The second kappa shape index (κ2) is 1.83. The summed E-state index contributed by atoms with van der Waals surface area (Å²) in [5, 5.41) is 8.24. The van der Waals surface area contributed by atoms with Gasteiger partial charge in [-0.25, -0.2) is 10.2 Å². The van der Waals surface area contributed by atoms with Crippen LogP contribution in [0.3, 0.4) is 0 Å². The molecule has 44 valence electrons. The van der Waals surface area contributed by atoms with Crippen molar-refractivity contribution in [2.75, 3.05) is 6.54 Å². The number of carboxylic acids is 1. The monoisotopic (exact) mass is 114 g/mol. The molecule has 0 spiro atoms. The van der Waals surface area contributed by atoms with Crippen LogP contribution < -0.4 is 10.9 Å². The molecular formula is C4H6N2O2. The number of hydrogen-bond donors (Lipinski definition) is 3. The SMILES string of the molecule is O=C(O)C1=CCNN1. The lowest BCUT2D eigenvalue weighted by molar-refractivity contribution is -0.133. The normalized spacial score (nSPS) is 17.2. The first-order valence-corrected chi connectivity index (χ1v) is 2.23. The van der Waals surface area contributed by atoms with Crippen molar-refractivity contribution < 1.29 is 9.90 Å². The Bertz CT molecular complexity index is 141. The molecule has 0 aromatic heterocycles. The molecule has 0 bridgehead atoms. The number of carboxylic acid groups (broad SMARTS) is 1. The van der Waals surface area contributed by atoms with E-state index in [0.29, 0.717) is 6.54 Å². The Morgan fingerprint density at radius 2 is 2.62 bits per heavy atom. The van der Waals surface area contributed by atoms with Gasteiger partial charge in [0, 0.05) is 6.54 Å². The molecule has 1 heterocycles. The molecule has 0 unspecified atom stereocenters. The minimum absolute atomic E-state index is 0.227. The molecule has 0 radical (unpaired) electrons. The lowest BCUT2D eigenvalue weighted by Crippen LogP contribution is -2.26. The van der Waals surface area contributed by atoms with Gasteiger partial charge in [-0.1, -0.05) is 0 Å². The zero-order valence-electron chi connectivity index (χ0n) is 4.14. The Kier molecular flexibility index (Phi) is 1.17. The number of hydrazine groups is 1. The van der Waals surface area contributed by atoms with E-state index in [4.69, 9.17) is 5.11 Å². The molecule has 0 saturated carbocycles. The molecule has 0 aromatic carbocycles. The fraction of sp³-hybridized carbons (Fsp3) is 0.250. The number of carbonyl (C=O) groups is 1. The summed E-state index contributed by atoms with van der Waals surface area (Å²) in [6.45, 7) is 0.585. The Morgan fingerprint density at radius 1 is 1.88 bits per heavy atom. The molecule has 0 aliphatic carbocycles. The highest BCUT2D eigenvalue weighted by Gasteiger charge is 2.08. The van der Waals surface area contributed by atoms with Gasteiger partial charge in [0.05, 0.1) is 0 Å². The van der Waals surface area contributed by atoms with Gasteiger partial charge in [-0.2, -0.15) is 0 Å². The summed E-state index contributed by atoms with van der Waals surface area (Å²) in [4.78, 5) is 10.0. The minimum atomic E-state index is -0.921. The van der Waals surface area contributed by atoms with Crippen molar-refractivity contribution in [3.05, 3.63) is 11.8 Å². The van der Waals surface area contributed by atoms with Gasteiger partial charge in [-0.3, -0.25) is 0 Å². The van der Waals surface area contributed by atoms with Gasteiger partial charge in [0.2, 0.25) is 0 Å². The van der Waals surface area contributed by atoms with Crippen LogP contribution in [0, 0.1) is 0 Å². The maximum absolute atomic E-state index is 10.0. The predicted molar refractivity (Wildman–Crippen MR) is 26.9 cm³/mol. The second-order valence-corrected chi connectivity index (χ2v) is 1.43. The predicted octanol–water partition coefficient (Wildman–Crippen LogP) is -0.937. The van der Waals surface area contributed by atoms with Gasteiger partial charge in [0.15, 0.2) is 0 Å². The quantitative estimate of drug-likeness (QED) is 0.412. The Labute approximate surface area is 46.2 Å². The van der Waals surface area contributed by atoms with E-state index < -0.39 is 5.97 Å². The molecule has 0 aromatic rings. The molecule has 4 heteroatoms. The number of rotatable bonds is 1. The molecule has 8 heavy (non-hydrogen) atoms. The summed E-state index contributed by atoms with van der Waals surface area (Å²) in [5.74, 6) is -0.921. The average Bonchev–Trinajstić information content (AvgIpc) is 2.12. The van der Waals surface area contributed by atoms with Gasteiger partial charge in [0.25, 0.3) is 0 Å². The lowest BCUT2D eigenvalue weighted by atomic mass is 10.4. The van der Waals surface area contributed by atoms with Gasteiger partial charge in [0.1, 0.15) is 5.70 Å². The van der Waals surface area contributed by atoms with Gasteiger partial charge >= 0.3 is 5.97 Å². The van der Waals surface area contributed by atoms with Crippen LogP contribution in [0.25, 0.3) is 0 Å². The molecule has 0 amide bonds. The highest BCUT2D eigenvalue weighted by molar-refractivity contribution is 5.86. The first kappa shape index (κ1) is 5.11. The van der Waals surface area contributed by atoms with E-state index in [2.05, 4.69) is 10.9 Å². The van der Waals surface area contributed by atoms with E-state index in [1.54, 1.807) is 6.08 Å². The van der Waals surface area contributed by atoms with E-state index in [1.165, 1.54) is 0 Å². The Hall–Kier alpha value is -1.03. The van der Waals surface area contributed by atoms with Crippen LogP contribution in [0.5, 0.6) is 0 Å². The largest absolute Gasteiger partial charge is 0.477 e. The third-order valence-corrected chi connectivity index (χ3v) is 0.862. The van der Waals surface area contributed by atoms with Crippen LogP contribution in [0.15, 0.2) is 11.8 Å². The fourth-order valence-electron chi connectivity index (χ4n) is 0.491. The standard InChI is InChI=1S/C4H6N2O2/c7-4(8)3-1-2-5-6-3/h1,5-6H,2H2,(H,7,8). The minimum Gasteiger partial charge on any atom is -0.477 e. The van der Waals surface area contributed by atoms with Crippen LogP contribution in [0.4, 0.5) is 0 Å². The number of hydrogen-bond acceptors (Lipinski definition) is 3. The smallest absolute Gasteiger partial charge is 0.353 e. The van der Waals surface area contributed by atoms with E-state index in [1.807, 2.05) is 0 Å². The third kappa shape index (κ3) is 0.788. The highest BCUT2D eigenvalue weighted by atomic mass is 16.4. The van der Waals surface area contributed by atoms with Crippen LogP contribution in [0.1, 0.15) is 0 Å². The van der Waals surface area contributed by atoms with Crippen molar-refractivity contribution >= 4 is 5.97 Å². The summed E-state index contributed by atoms with van der Waals surface area (Å²) in [5.41, 5.74) is 5.32. The van der Waals surface area contributed by atoms with Crippen LogP contribution in [-0.4, -0.2) is 17.6 Å². The number of nitrogens with one attached hydrogen (secondary N) is 2. The van der Waals surface area contributed by atoms with E-state index in [0.717, 1.165) is 0 Å². The summed E-state index contributed by atoms with van der Waals surface area (Å²) in [6.07, 6.45) is 1.57. The first-order chi connectivity index (χ1) is 3.80. The molecule has 4 nitrogen and oxygen atoms in total. The van der Waals surface area contributed by atoms with E-state index in [9.17, 15) is 4.79 Å². The maximum atomic E-state index is 10.0. The van der Waals surface area contributed by atoms with E-state index in [-0.39, 0.29) is 5.70 Å². The molecule has 3 N–H and O–H groups in total. The van der Waals surface area contributed by atoms with Crippen molar-refractivity contribution in [2.45, 2.75) is 0 Å². The van der Waals surface area contributed by atoms with Crippen LogP contribution in [-0.2, 0) is 4.79 Å². The number of aliphatic carboxylic acids is 1. The fourth-order valence-corrected chi connectivity index (χ4v) is 0.491. The molecule has 0 atom stereocenters. The summed E-state index contributed by atoms with van der Waals surface area (Å²) >= 11 is 0.